The molecule has 15 heavy (non-hydrogen) atoms. The van der Waals surface area contributed by atoms with Gasteiger partial charge in [-0.1, -0.05) is 6.92 Å². The van der Waals surface area contributed by atoms with Gasteiger partial charge in [-0.15, -0.1) is 0 Å². The smallest absolute Gasteiger partial charge is 0.168 e. The van der Waals surface area contributed by atoms with Gasteiger partial charge in [-0.2, -0.15) is 0 Å². The molecule has 1 heterocycles. The van der Waals surface area contributed by atoms with Gasteiger partial charge in [-0.25, -0.2) is 4.39 Å². The van der Waals surface area contributed by atoms with Crippen molar-refractivity contribution in [2.24, 2.45) is 5.92 Å². The van der Waals surface area contributed by atoms with Crippen LogP contribution in [0, 0.1) is 11.7 Å². The molecular weight excluding hydrogens is 215 g/mol. The third kappa shape index (κ3) is 1.53. The van der Waals surface area contributed by atoms with E-state index in [2.05, 4.69) is 0 Å². The van der Waals surface area contributed by atoms with Crippen LogP contribution in [0.15, 0.2) is 23.1 Å². The standard InChI is InChI=1S/C11H11FO2S/c1-6-7(2)15(14)10-4-3-8(12)5-9(10)11(6)13/h3-7H,1-2H3. The van der Waals surface area contributed by atoms with E-state index in [0.29, 0.717) is 4.90 Å². The highest BCUT2D eigenvalue weighted by Gasteiger charge is 2.35. The lowest BCUT2D eigenvalue weighted by Gasteiger charge is -2.25. The second-order valence-corrected chi connectivity index (χ2v) is 5.57. The molecule has 0 N–H and O–H groups in total. The van der Waals surface area contributed by atoms with Crippen molar-refractivity contribution in [2.45, 2.75) is 24.0 Å². The molecule has 1 aromatic carbocycles. The van der Waals surface area contributed by atoms with E-state index in [0.717, 1.165) is 0 Å². The average molecular weight is 226 g/mol. The molecule has 2 rings (SSSR count). The van der Waals surface area contributed by atoms with Crippen LogP contribution in [-0.2, 0) is 10.8 Å². The van der Waals surface area contributed by atoms with Crippen LogP contribution in [0.1, 0.15) is 24.2 Å². The van der Waals surface area contributed by atoms with Crippen molar-refractivity contribution < 1.29 is 13.4 Å². The van der Waals surface area contributed by atoms with Crippen molar-refractivity contribution in [3.05, 3.63) is 29.6 Å². The fraction of sp³-hybridized carbons (Fsp3) is 0.364. The Bertz CT molecular complexity index is 456. The molecule has 0 saturated heterocycles. The summed E-state index contributed by atoms with van der Waals surface area (Å²) in [5.74, 6) is -0.877. The quantitative estimate of drug-likeness (QED) is 0.679. The maximum Gasteiger partial charge on any atom is 0.168 e. The molecule has 0 aromatic heterocycles. The Morgan fingerprint density at radius 2 is 2.00 bits per heavy atom. The number of carbonyl (C=O) groups is 1. The minimum absolute atomic E-state index is 0.114. The zero-order valence-corrected chi connectivity index (χ0v) is 9.31. The van der Waals surface area contributed by atoms with Gasteiger partial charge in [0.25, 0.3) is 0 Å². The van der Waals surface area contributed by atoms with Crippen LogP contribution in [-0.4, -0.2) is 15.2 Å². The zero-order valence-electron chi connectivity index (χ0n) is 8.49. The topological polar surface area (TPSA) is 34.1 Å². The number of benzene rings is 1. The first-order chi connectivity index (χ1) is 7.02. The Morgan fingerprint density at radius 1 is 1.33 bits per heavy atom. The Kier molecular flexibility index (Phi) is 2.46. The predicted molar refractivity (Wildman–Crippen MR) is 55.8 cm³/mol. The second kappa shape index (κ2) is 3.52. The van der Waals surface area contributed by atoms with Gasteiger partial charge in [0.05, 0.1) is 15.7 Å². The number of carbonyl (C=O) groups excluding carboxylic acids is 1. The summed E-state index contributed by atoms with van der Waals surface area (Å²) in [6, 6.07) is 3.87. The first kappa shape index (κ1) is 10.5. The van der Waals surface area contributed by atoms with Crippen LogP contribution in [0.5, 0.6) is 0 Å². The largest absolute Gasteiger partial charge is 0.294 e. The minimum Gasteiger partial charge on any atom is -0.294 e. The summed E-state index contributed by atoms with van der Waals surface area (Å²) in [6.45, 7) is 3.52. The molecule has 0 radical (unpaired) electrons. The van der Waals surface area contributed by atoms with E-state index in [4.69, 9.17) is 0 Å². The van der Waals surface area contributed by atoms with E-state index in [9.17, 15) is 13.4 Å². The molecule has 1 aliphatic heterocycles. The van der Waals surface area contributed by atoms with Crippen molar-refractivity contribution in [2.75, 3.05) is 0 Å². The van der Waals surface area contributed by atoms with E-state index in [-0.39, 0.29) is 22.5 Å². The van der Waals surface area contributed by atoms with Gasteiger partial charge in [0.1, 0.15) is 5.82 Å². The van der Waals surface area contributed by atoms with Gasteiger partial charge in [-0.05, 0) is 25.1 Å². The maximum absolute atomic E-state index is 13.0. The van der Waals surface area contributed by atoms with E-state index < -0.39 is 16.6 Å². The Labute approximate surface area is 90.0 Å². The van der Waals surface area contributed by atoms with Gasteiger partial charge in [-0.3, -0.25) is 9.00 Å². The van der Waals surface area contributed by atoms with Gasteiger partial charge in [0.15, 0.2) is 5.78 Å². The summed E-state index contributed by atoms with van der Waals surface area (Å²) in [4.78, 5) is 12.3. The number of halogens is 1. The lowest BCUT2D eigenvalue weighted by atomic mass is 9.96. The molecule has 3 atom stereocenters. The monoisotopic (exact) mass is 226 g/mol. The fourth-order valence-electron chi connectivity index (χ4n) is 1.71. The van der Waals surface area contributed by atoms with Crippen molar-refractivity contribution in [3.63, 3.8) is 0 Å². The molecular formula is C11H11FO2S. The number of hydrogen-bond donors (Lipinski definition) is 0. The van der Waals surface area contributed by atoms with Crippen molar-refractivity contribution in [3.8, 4) is 0 Å². The van der Waals surface area contributed by atoms with E-state index in [1.54, 1.807) is 13.8 Å². The molecule has 0 amide bonds. The van der Waals surface area contributed by atoms with E-state index in [1.807, 2.05) is 0 Å². The van der Waals surface area contributed by atoms with E-state index in [1.165, 1.54) is 18.2 Å². The molecule has 80 valence electrons. The summed E-state index contributed by atoms with van der Waals surface area (Å²) in [7, 11) is -1.21. The molecule has 0 saturated carbocycles. The number of Topliss-reactive ketones (excluding diaryl/α,β-unsaturated/α-hetero) is 1. The SMILES string of the molecule is CC1C(=O)c2cc(F)ccc2S(=O)C1C. The minimum atomic E-state index is -1.21. The first-order valence-electron chi connectivity index (χ1n) is 4.76. The van der Waals surface area contributed by atoms with Crippen molar-refractivity contribution in [1.29, 1.82) is 0 Å². The summed E-state index contributed by atoms with van der Waals surface area (Å²) in [5.41, 5.74) is 0.277. The number of fused-ring (bicyclic) bond motifs is 1. The Balaban J connectivity index is 2.64. The van der Waals surface area contributed by atoms with Crippen molar-refractivity contribution in [1.82, 2.24) is 0 Å². The molecule has 1 aromatic rings. The van der Waals surface area contributed by atoms with Gasteiger partial charge < -0.3 is 0 Å². The Morgan fingerprint density at radius 3 is 2.67 bits per heavy atom. The zero-order chi connectivity index (χ0) is 11.2. The summed E-state index contributed by atoms with van der Waals surface area (Å²) in [5, 5.41) is -0.199. The molecule has 3 unspecified atom stereocenters. The second-order valence-electron chi connectivity index (χ2n) is 3.80. The molecule has 0 aliphatic carbocycles. The Hall–Kier alpha value is -1.03. The third-order valence-electron chi connectivity index (χ3n) is 2.88. The van der Waals surface area contributed by atoms with Crippen LogP contribution < -0.4 is 0 Å². The van der Waals surface area contributed by atoms with Crippen LogP contribution in [0.3, 0.4) is 0 Å². The maximum atomic E-state index is 13.0. The lowest BCUT2D eigenvalue weighted by molar-refractivity contribution is 0.0921. The molecule has 2 nitrogen and oxygen atoms in total. The van der Waals surface area contributed by atoms with Crippen molar-refractivity contribution >= 4 is 16.6 Å². The number of ketones is 1. The molecule has 0 bridgehead atoms. The van der Waals surface area contributed by atoms with E-state index >= 15 is 0 Å². The van der Waals surface area contributed by atoms with Crippen LogP contribution in [0.4, 0.5) is 4.39 Å². The molecule has 4 heteroatoms. The highest BCUT2D eigenvalue weighted by molar-refractivity contribution is 7.86. The van der Waals surface area contributed by atoms with Gasteiger partial charge >= 0.3 is 0 Å². The molecule has 0 fully saturated rings. The highest BCUT2D eigenvalue weighted by Crippen LogP contribution is 2.30. The summed E-state index contributed by atoms with van der Waals surface area (Å²) >= 11 is 0. The van der Waals surface area contributed by atoms with Crippen LogP contribution in [0.25, 0.3) is 0 Å². The normalized spacial score (nSPS) is 30.1. The van der Waals surface area contributed by atoms with Crippen LogP contribution >= 0.6 is 0 Å². The third-order valence-corrected chi connectivity index (χ3v) is 4.75. The molecule has 0 spiro atoms. The summed E-state index contributed by atoms with van der Waals surface area (Å²) in [6.07, 6.45) is 0. The fourth-order valence-corrected chi connectivity index (χ4v) is 3.19. The predicted octanol–water partition coefficient (Wildman–Crippen LogP) is 2.15. The first-order valence-corrected chi connectivity index (χ1v) is 5.98. The number of rotatable bonds is 0. The van der Waals surface area contributed by atoms with Gasteiger partial charge in [0.2, 0.25) is 0 Å². The number of hydrogen-bond acceptors (Lipinski definition) is 2. The summed E-state index contributed by atoms with van der Waals surface area (Å²) < 4.78 is 24.9. The molecule has 1 aliphatic rings. The average Bonchev–Trinajstić information content (AvgIpc) is 2.23. The highest BCUT2D eigenvalue weighted by atomic mass is 32.2. The van der Waals surface area contributed by atoms with Gasteiger partial charge in [0, 0.05) is 16.7 Å². The lowest BCUT2D eigenvalue weighted by Crippen LogP contribution is -2.33. The van der Waals surface area contributed by atoms with Crippen LogP contribution in [0.2, 0.25) is 0 Å².